The number of fused-ring (bicyclic) bond motifs is 1. The number of aromatic nitrogens is 5. The minimum absolute atomic E-state index is 0.0860. The van der Waals surface area contributed by atoms with E-state index in [0.717, 1.165) is 11.3 Å². The van der Waals surface area contributed by atoms with Gasteiger partial charge in [0.05, 0.1) is 33.7 Å². The van der Waals surface area contributed by atoms with E-state index < -0.39 is 16.6 Å². The van der Waals surface area contributed by atoms with Gasteiger partial charge in [-0.2, -0.15) is 5.10 Å². The minimum Gasteiger partial charge on any atom is -0.475 e. The van der Waals surface area contributed by atoms with Crippen molar-refractivity contribution >= 4 is 39.1 Å². The van der Waals surface area contributed by atoms with Crippen molar-refractivity contribution in [1.29, 1.82) is 0 Å². The molecule has 5 rings (SSSR count). The number of benzene rings is 1. The average molecular weight is 521 g/mol. The number of rotatable bonds is 8. The minimum atomic E-state index is -0.593. The van der Waals surface area contributed by atoms with Crippen LogP contribution in [0.15, 0.2) is 60.9 Å². The van der Waals surface area contributed by atoms with Gasteiger partial charge in [-0.25, -0.2) is 24.0 Å². The van der Waals surface area contributed by atoms with E-state index in [1.165, 1.54) is 53.5 Å². The van der Waals surface area contributed by atoms with Gasteiger partial charge in [0.15, 0.2) is 11.5 Å². The van der Waals surface area contributed by atoms with Gasteiger partial charge in [-0.15, -0.1) is 0 Å². The molecule has 0 unspecified atom stereocenters. The first-order valence-electron chi connectivity index (χ1n) is 10.7. The van der Waals surface area contributed by atoms with Crippen LogP contribution in [-0.2, 0) is 0 Å². The number of aliphatic hydroxyl groups excluding tert-OH is 1. The van der Waals surface area contributed by atoms with Crippen LogP contribution >= 0.6 is 11.3 Å². The lowest BCUT2D eigenvalue weighted by Gasteiger charge is -2.09. The topological polar surface area (TPSA) is 158 Å². The third-order valence-corrected chi connectivity index (χ3v) is 6.10. The van der Waals surface area contributed by atoms with Crippen LogP contribution in [-0.4, -0.2) is 53.9 Å². The zero-order valence-electron chi connectivity index (χ0n) is 18.7. The monoisotopic (exact) mass is 521 g/mol. The molecule has 0 atom stereocenters. The van der Waals surface area contributed by atoms with Gasteiger partial charge < -0.3 is 15.2 Å². The largest absolute Gasteiger partial charge is 0.475 e. The molecule has 0 aliphatic carbocycles. The first kappa shape index (κ1) is 23.9. The molecule has 1 aromatic carbocycles. The van der Waals surface area contributed by atoms with Gasteiger partial charge in [0.1, 0.15) is 18.2 Å². The number of nitrogens with zero attached hydrogens (tertiary/aromatic N) is 6. The molecule has 0 aliphatic rings. The SMILES string of the molecule is O=C(Nc1nc(-c2ccc(OCCO)nc2)nc2c1cnn2-c1ccc(F)cc1)c1ccc([N+](=O)[O-])s1. The quantitative estimate of drug-likeness (QED) is 0.230. The summed E-state index contributed by atoms with van der Waals surface area (Å²) in [7, 11) is 0. The summed E-state index contributed by atoms with van der Waals surface area (Å²) in [5.41, 5.74) is 1.34. The summed E-state index contributed by atoms with van der Waals surface area (Å²) in [6.45, 7) is -0.0736. The summed E-state index contributed by atoms with van der Waals surface area (Å²) in [6, 6.07) is 11.5. The second-order valence-electron chi connectivity index (χ2n) is 7.47. The Morgan fingerprint density at radius 1 is 1.14 bits per heavy atom. The van der Waals surface area contributed by atoms with E-state index in [9.17, 15) is 19.3 Å². The Balaban J connectivity index is 1.58. The molecule has 2 N–H and O–H groups in total. The van der Waals surface area contributed by atoms with Crippen LogP contribution in [0.1, 0.15) is 9.67 Å². The molecule has 0 bridgehead atoms. The number of pyridine rings is 1. The van der Waals surface area contributed by atoms with Gasteiger partial charge in [0.25, 0.3) is 5.91 Å². The van der Waals surface area contributed by atoms with Crippen molar-refractivity contribution in [2.45, 2.75) is 0 Å². The summed E-state index contributed by atoms with van der Waals surface area (Å²) >= 11 is 0.733. The Labute approximate surface area is 211 Å². The summed E-state index contributed by atoms with van der Waals surface area (Å²) in [6.07, 6.45) is 2.93. The summed E-state index contributed by atoms with van der Waals surface area (Å²) in [5, 5.41) is 27.2. The number of ether oxygens (including phenoxy) is 1. The Bertz CT molecular complexity index is 1600. The third-order valence-electron chi connectivity index (χ3n) is 5.06. The lowest BCUT2D eigenvalue weighted by atomic mass is 10.2. The van der Waals surface area contributed by atoms with Gasteiger partial charge in [0, 0.05) is 23.9 Å². The molecule has 4 heterocycles. The lowest BCUT2D eigenvalue weighted by Crippen LogP contribution is -2.13. The summed E-state index contributed by atoms with van der Waals surface area (Å²) in [4.78, 5) is 36.7. The molecule has 186 valence electrons. The van der Waals surface area contributed by atoms with Crippen molar-refractivity contribution in [3.63, 3.8) is 0 Å². The maximum atomic E-state index is 13.5. The molecule has 0 aliphatic heterocycles. The Morgan fingerprint density at radius 2 is 1.95 bits per heavy atom. The molecule has 37 heavy (non-hydrogen) atoms. The molecular weight excluding hydrogens is 505 g/mol. The lowest BCUT2D eigenvalue weighted by molar-refractivity contribution is -0.380. The number of hydrogen-bond donors (Lipinski definition) is 2. The highest BCUT2D eigenvalue weighted by atomic mass is 32.1. The van der Waals surface area contributed by atoms with Crippen LogP contribution in [0.5, 0.6) is 5.88 Å². The van der Waals surface area contributed by atoms with Crippen LogP contribution < -0.4 is 10.1 Å². The average Bonchev–Trinajstić information content (AvgIpc) is 3.57. The van der Waals surface area contributed by atoms with E-state index in [4.69, 9.17) is 9.84 Å². The van der Waals surface area contributed by atoms with E-state index in [0.29, 0.717) is 28.2 Å². The highest BCUT2D eigenvalue weighted by molar-refractivity contribution is 7.17. The molecule has 0 fully saturated rings. The normalized spacial score (nSPS) is 11.0. The standard InChI is InChI=1S/C23H16FN7O5S/c24-14-2-4-15(5-3-14)30-22-16(12-26-30)21(29-23(33)17-6-8-19(37-17)31(34)35)27-20(28-22)13-1-7-18(25-11-13)36-10-9-32/h1-8,11-12,32H,9-10H2,(H,27,28,29,33). The van der Waals surface area contributed by atoms with Crippen molar-refractivity contribution in [3.8, 4) is 23.0 Å². The summed E-state index contributed by atoms with van der Waals surface area (Å²) < 4.78 is 20.2. The van der Waals surface area contributed by atoms with E-state index in [2.05, 4.69) is 25.4 Å². The zero-order valence-corrected chi connectivity index (χ0v) is 19.6. The fourth-order valence-corrected chi connectivity index (χ4v) is 4.08. The Morgan fingerprint density at radius 3 is 2.62 bits per heavy atom. The van der Waals surface area contributed by atoms with Gasteiger partial charge in [0.2, 0.25) is 5.88 Å². The number of anilines is 1. The third kappa shape index (κ3) is 4.96. The fourth-order valence-electron chi connectivity index (χ4n) is 3.37. The van der Waals surface area contributed by atoms with Crippen LogP contribution in [0.4, 0.5) is 15.2 Å². The predicted octanol–water partition coefficient (Wildman–Crippen LogP) is 3.61. The van der Waals surface area contributed by atoms with Gasteiger partial charge in [-0.1, -0.05) is 11.3 Å². The smallest absolute Gasteiger partial charge is 0.324 e. The number of carbonyl (C=O) groups excluding carboxylic acids is 1. The van der Waals surface area contributed by atoms with E-state index >= 15 is 0 Å². The molecule has 0 saturated carbocycles. The van der Waals surface area contributed by atoms with Crippen LogP contribution in [0.3, 0.4) is 0 Å². The molecule has 0 spiro atoms. The maximum absolute atomic E-state index is 13.5. The highest BCUT2D eigenvalue weighted by Crippen LogP contribution is 2.29. The molecule has 4 aromatic heterocycles. The second kappa shape index (κ2) is 10.0. The van der Waals surface area contributed by atoms with Crippen molar-refractivity contribution in [2.75, 3.05) is 18.5 Å². The number of nitrogens with one attached hydrogen (secondary N) is 1. The number of aliphatic hydroxyl groups is 1. The highest BCUT2D eigenvalue weighted by Gasteiger charge is 2.20. The number of halogens is 1. The molecule has 5 aromatic rings. The second-order valence-corrected chi connectivity index (χ2v) is 8.53. The van der Waals surface area contributed by atoms with Crippen LogP contribution in [0, 0.1) is 15.9 Å². The number of hydrogen-bond acceptors (Lipinski definition) is 10. The Hall–Kier alpha value is -4.82. The summed E-state index contributed by atoms with van der Waals surface area (Å²) in [5.74, 6) is -0.393. The number of thiophene rings is 1. The molecular formula is C23H16FN7O5S. The van der Waals surface area contributed by atoms with Crippen molar-refractivity contribution in [3.05, 3.63) is 81.7 Å². The fraction of sp³-hybridized carbons (Fsp3) is 0.0870. The molecule has 0 radical (unpaired) electrons. The van der Waals surface area contributed by atoms with Crippen LogP contribution in [0.2, 0.25) is 0 Å². The van der Waals surface area contributed by atoms with Gasteiger partial charge in [-0.3, -0.25) is 14.9 Å². The maximum Gasteiger partial charge on any atom is 0.324 e. The molecule has 0 saturated heterocycles. The van der Waals surface area contributed by atoms with Crippen molar-refractivity contribution in [1.82, 2.24) is 24.7 Å². The van der Waals surface area contributed by atoms with Crippen molar-refractivity contribution in [2.24, 2.45) is 0 Å². The van der Waals surface area contributed by atoms with Crippen molar-refractivity contribution < 1.29 is 24.0 Å². The van der Waals surface area contributed by atoms with Gasteiger partial charge >= 0.3 is 5.00 Å². The number of nitro groups is 1. The van der Waals surface area contributed by atoms with Crippen LogP contribution in [0.25, 0.3) is 28.1 Å². The zero-order chi connectivity index (χ0) is 25.9. The van der Waals surface area contributed by atoms with E-state index in [-0.39, 0.29) is 34.7 Å². The molecule has 1 amide bonds. The Kier molecular flexibility index (Phi) is 6.49. The van der Waals surface area contributed by atoms with E-state index in [1.54, 1.807) is 12.1 Å². The predicted molar refractivity (Wildman–Crippen MR) is 131 cm³/mol. The van der Waals surface area contributed by atoms with Gasteiger partial charge in [-0.05, 0) is 36.4 Å². The number of amides is 1. The first-order chi connectivity index (χ1) is 17.9. The van der Waals surface area contributed by atoms with E-state index in [1.807, 2.05) is 0 Å². The number of carbonyl (C=O) groups is 1. The molecule has 12 nitrogen and oxygen atoms in total. The first-order valence-corrected chi connectivity index (χ1v) is 11.5. The molecule has 14 heteroatoms.